The van der Waals surface area contributed by atoms with E-state index in [0.29, 0.717) is 16.8 Å². The maximum absolute atomic E-state index is 13.1. The minimum absolute atomic E-state index is 0.0175. The summed E-state index contributed by atoms with van der Waals surface area (Å²) >= 11 is 5.72. The zero-order chi connectivity index (χ0) is 15.4. The molecule has 1 unspecified atom stereocenters. The molecule has 2 aromatic rings. The van der Waals surface area contributed by atoms with Gasteiger partial charge in [0.1, 0.15) is 5.82 Å². The van der Waals surface area contributed by atoms with E-state index >= 15 is 0 Å². The summed E-state index contributed by atoms with van der Waals surface area (Å²) in [6.07, 6.45) is 3.00. The van der Waals surface area contributed by atoms with Crippen molar-refractivity contribution in [2.45, 2.75) is 19.4 Å². The highest BCUT2D eigenvalue weighted by Gasteiger charge is 2.17. The minimum atomic E-state index is -0.520. The van der Waals surface area contributed by atoms with Gasteiger partial charge in [-0.05, 0) is 36.2 Å². The molecule has 6 heteroatoms. The minimum Gasteiger partial charge on any atom is -0.392 e. The van der Waals surface area contributed by atoms with Crippen LogP contribution in [0.3, 0.4) is 0 Å². The summed E-state index contributed by atoms with van der Waals surface area (Å²) in [6.45, 7) is 1.54. The highest BCUT2D eigenvalue weighted by molar-refractivity contribution is 6.30. The van der Waals surface area contributed by atoms with Gasteiger partial charge in [0.25, 0.3) is 0 Å². The summed E-state index contributed by atoms with van der Waals surface area (Å²) in [5.41, 5.74) is 1.71. The van der Waals surface area contributed by atoms with E-state index in [0.717, 1.165) is 0 Å². The molecule has 1 aromatic heterocycles. The maximum atomic E-state index is 13.1. The van der Waals surface area contributed by atoms with E-state index in [1.807, 2.05) is 0 Å². The molecular weight excluding hydrogens is 295 g/mol. The number of benzene rings is 1. The van der Waals surface area contributed by atoms with Crippen LogP contribution in [-0.4, -0.2) is 16.0 Å². The summed E-state index contributed by atoms with van der Waals surface area (Å²) in [5, 5.41) is 11.7. The number of nitrogens with zero attached hydrogens (tertiary/aromatic N) is 1. The fraction of sp³-hybridized carbons (Fsp3) is 0.200. The number of hydrogen-bond acceptors (Lipinski definition) is 3. The highest BCUT2D eigenvalue weighted by Crippen LogP contribution is 2.23. The van der Waals surface area contributed by atoms with E-state index in [2.05, 4.69) is 10.3 Å². The van der Waals surface area contributed by atoms with E-state index < -0.39 is 11.7 Å². The quantitative estimate of drug-likeness (QED) is 0.912. The molecule has 0 bridgehead atoms. The van der Waals surface area contributed by atoms with Crippen molar-refractivity contribution in [2.75, 3.05) is 5.32 Å². The number of pyridine rings is 1. The number of hydrogen-bond donors (Lipinski definition) is 2. The average molecular weight is 309 g/mol. The second kappa shape index (κ2) is 6.65. The Morgan fingerprint density at radius 1 is 1.43 bits per heavy atom. The topological polar surface area (TPSA) is 62.2 Å². The molecule has 110 valence electrons. The molecule has 0 aliphatic carbocycles. The SMILES string of the molecule is CC(C(=O)Nc1cncc(CO)c1)c1ccc(F)c(Cl)c1. The molecule has 1 aromatic carbocycles. The predicted octanol–water partition coefficient (Wildman–Crippen LogP) is 3.11. The summed E-state index contributed by atoms with van der Waals surface area (Å²) < 4.78 is 13.1. The van der Waals surface area contributed by atoms with Crippen molar-refractivity contribution in [1.82, 2.24) is 4.98 Å². The lowest BCUT2D eigenvalue weighted by atomic mass is 10.0. The number of carbonyl (C=O) groups is 1. The largest absolute Gasteiger partial charge is 0.392 e. The van der Waals surface area contributed by atoms with Gasteiger partial charge in [0.15, 0.2) is 0 Å². The van der Waals surface area contributed by atoms with E-state index in [4.69, 9.17) is 16.7 Å². The Balaban J connectivity index is 2.13. The van der Waals surface area contributed by atoms with Crippen molar-refractivity contribution < 1.29 is 14.3 Å². The zero-order valence-corrected chi connectivity index (χ0v) is 12.1. The molecule has 1 heterocycles. The van der Waals surface area contributed by atoms with Crippen molar-refractivity contribution in [3.8, 4) is 0 Å². The third kappa shape index (κ3) is 3.77. The third-order valence-electron chi connectivity index (χ3n) is 3.08. The Bertz CT molecular complexity index is 664. The number of anilines is 1. The number of aromatic nitrogens is 1. The molecule has 0 aliphatic heterocycles. The van der Waals surface area contributed by atoms with Gasteiger partial charge >= 0.3 is 0 Å². The molecule has 0 radical (unpaired) electrons. The number of halogens is 2. The molecule has 21 heavy (non-hydrogen) atoms. The molecule has 0 spiro atoms. The number of rotatable bonds is 4. The van der Waals surface area contributed by atoms with Gasteiger partial charge in [0, 0.05) is 6.20 Å². The maximum Gasteiger partial charge on any atom is 0.231 e. The molecule has 1 amide bonds. The number of carbonyl (C=O) groups excluding carboxylic acids is 1. The first-order valence-corrected chi connectivity index (χ1v) is 6.69. The molecule has 0 saturated heterocycles. The Morgan fingerprint density at radius 2 is 2.19 bits per heavy atom. The summed E-state index contributed by atoms with van der Waals surface area (Å²) in [4.78, 5) is 16.1. The van der Waals surface area contributed by atoms with Crippen LogP contribution in [0.4, 0.5) is 10.1 Å². The summed E-state index contributed by atoms with van der Waals surface area (Å²) in [5.74, 6) is -1.29. The van der Waals surface area contributed by atoms with Gasteiger partial charge in [-0.2, -0.15) is 0 Å². The fourth-order valence-electron chi connectivity index (χ4n) is 1.83. The Morgan fingerprint density at radius 3 is 2.86 bits per heavy atom. The van der Waals surface area contributed by atoms with Crippen molar-refractivity contribution in [3.05, 3.63) is 58.6 Å². The normalized spacial score (nSPS) is 12.0. The first kappa shape index (κ1) is 15.4. The monoisotopic (exact) mass is 308 g/mol. The van der Waals surface area contributed by atoms with Gasteiger partial charge in [-0.15, -0.1) is 0 Å². The highest BCUT2D eigenvalue weighted by atomic mass is 35.5. The van der Waals surface area contributed by atoms with E-state index in [-0.39, 0.29) is 17.5 Å². The molecule has 2 rings (SSSR count). The van der Waals surface area contributed by atoms with Gasteiger partial charge in [-0.1, -0.05) is 17.7 Å². The summed E-state index contributed by atoms with van der Waals surface area (Å²) in [6, 6.07) is 5.82. The van der Waals surface area contributed by atoms with Crippen LogP contribution >= 0.6 is 11.6 Å². The van der Waals surface area contributed by atoms with Crippen LogP contribution in [0, 0.1) is 5.82 Å². The van der Waals surface area contributed by atoms with Gasteiger partial charge in [-0.25, -0.2) is 4.39 Å². The van der Waals surface area contributed by atoms with Crippen molar-refractivity contribution in [3.63, 3.8) is 0 Å². The lowest BCUT2D eigenvalue weighted by Gasteiger charge is -2.13. The molecule has 0 aliphatic rings. The molecule has 2 N–H and O–H groups in total. The van der Waals surface area contributed by atoms with E-state index in [9.17, 15) is 9.18 Å². The molecule has 4 nitrogen and oxygen atoms in total. The van der Waals surface area contributed by atoms with Crippen LogP contribution in [0.1, 0.15) is 24.0 Å². The fourth-order valence-corrected chi connectivity index (χ4v) is 2.01. The van der Waals surface area contributed by atoms with Crippen LogP contribution in [0.2, 0.25) is 5.02 Å². The lowest BCUT2D eigenvalue weighted by molar-refractivity contribution is -0.117. The first-order valence-electron chi connectivity index (χ1n) is 6.32. The average Bonchev–Trinajstić information content (AvgIpc) is 2.49. The van der Waals surface area contributed by atoms with Crippen LogP contribution in [-0.2, 0) is 11.4 Å². The van der Waals surface area contributed by atoms with Gasteiger partial charge in [0.2, 0.25) is 5.91 Å². The predicted molar refractivity (Wildman–Crippen MR) is 78.6 cm³/mol. The van der Waals surface area contributed by atoms with Crippen LogP contribution < -0.4 is 5.32 Å². The van der Waals surface area contributed by atoms with Crippen molar-refractivity contribution in [1.29, 1.82) is 0 Å². The lowest BCUT2D eigenvalue weighted by Crippen LogP contribution is -2.19. The number of amides is 1. The van der Waals surface area contributed by atoms with Crippen molar-refractivity contribution in [2.24, 2.45) is 0 Å². The molecule has 0 fully saturated rings. The Labute approximate surface area is 126 Å². The first-order chi connectivity index (χ1) is 10.0. The second-order valence-corrected chi connectivity index (χ2v) is 5.03. The van der Waals surface area contributed by atoms with Gasteiger partial charge in [-0.3, -0.25) is 9.78 Å². The van der Waals surface area contributed by atoms with Gasteiger partial charge < -0.3 is 10.4 Å². The van der Waals surface area contributed by atoms with E-state index in [1.165, 1.54) is 30.6 Å². The Kier molecular flexibility index (Phi) is 4.88. The van der Waals surface area contributed by atoms with Crippen molar-refractivity contribution >= 4 is 23.2 Å². The smallest absolute Gasteiger partial charge is 0.231 e. The van der Waals surface area contributed by atoms with Crippen LogP contribution in [0.15, 0.2) is 36.7 Å². The van der Waals surface area contributed by atoms with Crippen LogP contribution in [0.5, 0.6) is 0 Å². The Hall–Kier alpha value is -1.98. The standard InChI is InChI=1S/C15H14ClFN2O2/c1-9(11-2-3-14(17)13(16)5-11)15(21)19-12-4-10(8-20)6-18-7-12/h2-7,9,20H,8H2,1H3,(H,19,21). The zero-order valence-electron chi connectivity index (χ0n) is 11.3. The third-order valence-corrected chi connectivity index (χ3v) is 3.37. The second-order valence-electron chi connectivity index (χ2n) is 4.62. The van der Waals surface area contributed by atoms with Crippen LogP contribution in [0.25, 0.3) is 0 Å². The number of aliphatic hydroxyl groups is 1. The number of aliphatic hydroxyl groups excluding tert-OH is 1. The van der Waals surface area contributed by atoms with E-state index in [1.54, 1.807) is 13.0 Å². The molecule has 1 atom stereocenters. The molecule has 0 saturated carbocycles. The summed E-state index contributed by atoms with van der Waals surface area (Å²) in [7, 11) is 0. The molecular formula is C15H14ClFN2O2. The van der Waals surface area contributed by atoms with Gasteiger partial charge in [0.05, 0.1) is 29.4 Å². The number of nitrogens with one attached hydrogen (secondary N) is 1.